The Kier molecular flexibility index (Phi) is 6.45. The van der Waals surface area contributed by atoms with E-state index in [1.165, 1.54) is 0 Å². The van der Waals surface area contributed by atoms with Crippen molar-refractivity contribution in [3.05, 3.63) is 59.3 Å². The standard InChI is InChI=1S/C29H32N4O5S/c1-29(2,3)27-25-26(17-5-12-21-22(13-17)38-16-37-21)39-15-24(35)32(14-23(34)30-18-6-7-18)28(25)33(31-27)19-8-10-20(36-4)11-9-19/h5,8-13,18,26H,6-7,14-16H2,1-4H3,(H,30,34)/t26-/m0/s1. The van der Waals surface area contributed by atoms with Gasteiger partial charge in [0.05, 0.1) is 29.5 Å². The first kappa shape index (κ1) is 25.6. The van der Waals surface area contributed by atoms with Crippen LogP contribution < -0.4 is 24.4 Å². The van der Waals surface area contributed by atoms with E-state index in [0.717, 1.165) is 41.1 Å². The van der Waals surface area contributed by atoms with Gasteiger partial charge in [-0.05, 0) is 54.8 Å². The largest absolute Gasteiger partial charge is 0.497 e. The Balaban J connectivity index is 1.55. The van der Waals surface area contributed by atoms with Gasteiger partial charge < -0.3 is 19.5 Å². The molecule has 0 bridgehead atoms. The summed E-state index contributed by atoms with van der Waals surface area (Å²) in [6.07, 6.45) is 1.95. The van der Waals surface area contributed by atoms with Crippen molar-refractivity contribution in [1.29, 1.82) is 0 Å². The van der Waals surface area contributed by atoms with E-state index in [-0.39, 0.29) is 47.6 Å². The number of hydrogen-bond acceptors (Lipinski definition) is 7. The number of hydrogen-bond donors (Lipinski definition) is 1. The number of ether oxygens (including phenoxy) is 3. The first-order valence-electron chi connectivity index (χ1n) is 13.1. The molecule has 3 aromatic rings. The average Bonchev–Trinajstić information content (AvgIpc) is 3.47. The zero-order valence-corrected chi connectivity index (χ0v) is 23.3. The second kappa shape index (κ2) is 9.82. The smallest absolute Gasteiger partial charge is 0.240 e. The molecule has 0 unspecified atom stereocenters. The normalized spacial score (nSPS) is 18.5. The van der Waals surface area contributed by atoms with Crippen molar-refractivity contribution in [3.8, 4) is 22.9 Å². The number of aromatic nitrogens is 2. The van der Waals surface area contributed by atoms with Crippen molar-refractivity contribution in [2.45, 2.75) is 50.3 Å². The molecule has 2 amide bonds. The van der Waals surface area contributed by atoms with Crippen LogP contribution in [0.15, 0.2) is 42.5 Å². The number of benzene rings is 2. The quantitative estimate of drug-likeness (QED) is 0.489. The number of carbonyl (C=O) groups is 2. The van der Waals surface area contributed by atoms with Gasteiger partial charge in [0, 0.05) is 17.0 Å². The van der Waals surface area contributed by atoms with Crippen molar-refractivity contribution in [2.75, 3.05) is 31.1 Å². The van der Waals surface area contributed by atoms with Crippen LogP contribution in [0.2, 0.25) is 0 Å². The summed E-state index contributed by atoms with van der Waals surface area (Å²) >= 11 is 1.54. The molecular formula is C29H32N4O5S. The molecule has 0 radical (unpaired) electrons. The fourth-order valence-electron chi connectivity index (χ4n) is 4.96. The third kappa shape index (κ3) is 4.93. The second-order valence-corrected chi connectivity index (χ2v) is 12.2. The lowest BCUT2D eigenvalue weighted by molar-refractivity contribution is -0.123. The number of nitrogens with one attached hydrogen (secondary N) is 1. The molecule has 0 spiro atoms. The maximum Gasteiger partial charge on any atom is 0.240 e. The minimum atomic E-state index is -0.341. The number of fused-ring (bicyclic) bond motifs is 2. The molecule has 1 aromatic heterocycles. The number of nitrogens with zero attached hydrogens (tertiary/aromatic N) is 3. The molecule has 0 saturated heterocycles. The van der Waals surface area contributed by atoms with Gasteiger partial charge in [-0.3, -0.25) is 14.5 Å². The first-order valence-corrected chi connectivity index (χ1v) is 14.2. The Bertz CT molecular complexity index is 1420. The highest BCUT2D eigenvalue weighted by atomic mass is 32.2. The van der Waals surface area contributed by atoms with Gasteiger partial charge in [-0.25, -0.2) is 4.68 Å². The van der Waals surface area contributed by atoms with Crippen molar-refractivity contribution in [3.63, 3.8) is 0 Å². The summed E-state index contributed by atoms with van der Waals surface area (Å²) in [6.45, 7) is 6.47. The van der Waals surface area contributed by atoms with Gasteiger partial charge in [-0.1, -0.05) is 26.8 Å². The van der Waals surface area contributed by atoms with E-state index in [1.54, 1.807) is 23.8 Å². The molecule has 9 nitrogen and oxygen atoms in total. The molecule has 1 atom stereocenters. The van der Waals surface area contributed by atoms with Crippen molar-refractivity contribution in [2.24, 2.45) is 0 Å². The summed E-state index contributed by atoms with van der Waals surface area (Å²) in [6, 6.07) is 13.7. The highest BCUT2D eigenvalue weighted by Crippen LogP contribution is 2.50. The molecule has 1 fully saturated rings. The zero-order chi connectivity index (χ0) is 27.3. The van der Waals surface area contributed by atoms with E-state index in [1.807, 2.05) is 47.1 Å². The van der Waals surface area contributed by atoms with Crippen LogP contribution in [-0.2, 0) is 15.0 Å². The lowest BCUT2D eigenvalue weighted by Crippen LogP contribution is -2.43. The van der Waals surface area contributed by atoms with Crippen LogP contribution in [-0.4, -0.2) is 53.8 Å². The maximum atomic E-state index is 13.7. The summed E-state index contributed by atoms with van der Waals surface area (Å²) in [7, 11) is 1.62. The van der Waals surface area contributed by atoms with Crippen molar-refractivity contribution >= 4 is 29.4 Å². The second-order valence-electron chi connectivity index (χ2n) is 11.1. The number of methoxy groups -OCH3 is 1. The molecule has 10 heteroatoms. The zero-order valence-electron chi connectivity index (χ0n) is 22.5. The van der Waals surface area contributed by atoms with Crippen LogP contribution in [0.1, 0.15) is 55.7 Å². The van der Waals surface area contributed by atoms with Crippen LogP contribution in [0.5, 0.6) is 17.2 Å². The molecule has 2 aliphatic heterocycles. The minimum Gasteiger partial charge on any atom is -0.497 e. The van der Waals surface area contributed by atoms with Gasteiger partial charge in [0.25, 0.3) is 0 Å². The van der Waals surface area contributed by atoms with Crippen LogP contribution >= 0.6 is 11.8 Å². The van der Waals surface area contributed by atoms with E-state index in [4.69, 9.17) is 19.3 Å². The third-order valence-corrected chi connectivity index (χ3v) is 8.31. The molecule has 3 aliphatic rings. The molecule has 39 heavy (non-hydrogen) atoms. The minimum absolute atomic E-state index is 0.0673. The lowest BCUT2D eigenvalue weighted by Gasteiger charge is -2.24. The highest BCUT2D eigenvalue weighted by molar-refractivity contribution is 8.00. The number of rotatable bonds is 6. The third-order valence-electron chi connectivity index (χ3n) is 7.06. The van der Waals surface area contributed by atoms with Gasteiger partial charge in [-0.2, -0.15) is 5.10 Å². The van der Waals surface area contributed by atoms with Crippen molar-refractivity contribution in [1.82, 2.24) is 15.1 Å². The van der Waals surface area contributed by atoms with Crippen molar-refractivity contribution < 1.29 is 23.8 Å². The monoisotopic (exact) mass is 548 g/mol. The molecule has 204 valence electrons. The van der Waals surface area contributed by atoms with Crippen LogP contribution in [0, 0.1) is 0 Å². The number of carbonyl (C=O) groups excluding carboxylic acids is 2. The Morgan fingerprint density at radius 3 is 2.56 bits per heavy atom. The Morgan fingerprint density at radius 2 is 1.87 bits per heavy atom. The summed E-state index contributed by atoms with van der Waals surface area (Å²) in [4.78, 5) is 28.4. The summed E-state index contributed by atoms with van der Waals surface area (Å²) < 4.78 is 18.4. The summed E-state index contributed by atoms with van der Waals surface area (Å²) in [5.41, 5.74) is 3.21. The van der Waals surface area contributed by atoms with Gasteiger partial charge in [0.15, 0.2) is 11.5 Å². The van der Waals surface area contributed by atoms with Crippen LogP contribution in [0.3, 0.4) is 0 Å². The van der Waals surface area contributed by atoms with Crippen LogP contribution in [0.25, 0.3) is 5.69 Å². The first-order chi connectivity index (χ1) is 18.7. The summed E-state index contributed by atoms with van der Waals surface area (Å²) in [5.74, 6) is 2.65. The molecule has 1 aliphatic carbocycles. The SMILES string of the molecule is COc1ccc(-n2nc(C(C)(C)C)c3c2N(CC(=O)NC2CC2)C(=O)CS[C@H]3c2ccc3c(c2)OCO3)cc1. The van der Waals surface area contributed by atoms with Gasteiger partial charge in [-0.15, -0.1) is 11.8 Å². The fraction of sp³-hybridized carbons (Fsp3) is 0.414. The molecule has 6 rings (SSSR count). The number of amides is 2. The molecular weight excluding hydrogens is 516 g/mol. The highest BCUT2D eigenvalue weighted by Gasteiger charge is 2.40. The Hall–Kier alpha value is -3.66. The summed E-state index contributed by atoms with van der Waals surface area (Å²) in [5, 5.41) is 7.95. The number of thioether (sulfide) groups is 1. The Morgan fingerprint density at radius 1 is 1.13 bits per heavy atom. The lowest BCUT2D eigenvalue weighted by atomic mass is 9.87. The predicted octanol–water partition coefficient (Wildman–Crippen LogP) is 4.35. The van der Waals surface area contributed by atoms with E-state index >= 15 is 0 Å². The molecule has 1 N–H and O–H groups in total. The molecule has 3 heterocycles. The van der Waals surface area contributed by atoms with Gasteiger partial charge in [0.1, 0.15) is 18.1 Å². The maximum absolute atomic E-state index is 13.7. The molecule has 2 aromatic carbocycles. The van der Waals surface area contributed by atoms with Gasteiger partial charge in [0.2, 0.25) is 18.6 Å². The Labute approximate surface area is 231 Å². The van der Waals surface area contributed by atoms with Crippen LogP contribution in [0.4, 0.5) is 5.82 Å². The predicted molar refractivity (Wildman–Crippen MR) is 149 cm³/mol. The topological polar surface area (TPSA) is 94.9 Å². The molecule has 1 saturated carbocycles. The average molecular weight is 549 g/mol. The van der Waals surface area contributed by atoms with E-state index in [2.05, 4.69) is 26.1 Å². The number of anilines is 1. The van der Waals surface area contributed by atoms with E-state index in [0.29, 0.717) is 17.3 Å². The van der Waals surface area contributed by atoms with E-state index in [9.17, 15) is 9.59 Å². The van der Waals surface area contributed by atoms with E-state index < -0.39 is 0 Å². The fourth-order valence-corrected chi connectivity index (χ4v) is 6.15. The van der Waals surface area contributed by atoms with Gasteiger partial charge >= 0.3 is 0 Å².